The third-order valence-corrected chi connectivity index (χ3v) is 5.51. The number of hydrogen-bond acceptors (Lipinski definition) is 4. The lowest BCUT2D eigenvalue weighted by molar-refractivity contribution is -0.122. The molecule has 0 saturated carbocycles. The van der Waals surface area contributed by atoms with Gasteiger partial charge in [-0.2, -0.15) is 0 Å². The second-order valence-corrected chi connectivity index (χ2v) is 7.52. The first-order valence-corrected chi connectivity index (χ1v) is 8.26. The van der Waals surface area contributed by atoms with Gasteiger partial charge in [0.25, 0.3) is 6.47 Å². The second-order valence-electron chi connectivity index (χ2n) is 6.01. The highest BCUT2D eigenvalue weighted by Crippen LogP contribution is 2.41. The zero-order valence-electron chi connectivity index (χ0n) is 12.5. The van der Waals surface area contributed by atoms with Gasteiger partial charge in [-0.3, -0.25) is 9.52 Å². The quantitative estimate of drug-likeness (QED) is 0.452. The van der Waals surface area contributed by atoms with Gasteiger partial charge in [-0.05, 0) is 55.6 Å². The summed E-state index contributed by atoms with van der Waals surface area (Å²) in [5.41, 5.74) is 3.75. The van der Waals surface area contributed by atoms with Gasteiger partial charge in [0.05, 0.1) is 0 Å². The van der Waals surface area contributed by atoms with Gasteiger partial charge < -0.3 is 5.11 Å². The van der Waals surface area contributed by atoms with E-state index in [1.807, 2.05) is 0 Å². The number of carboxylic acid groups (broad SMARTS) is 1. The normalized spacial score (nSPS) is 16.0. The van der Waals surface area contributed by atoms with Crippen LogP contribution in [0.4, 0.5) is 0 Å². The summed E-state index contributed by atoms with van der Waals surface area (Å²) < 4.78 is 2.93. The molecule has 0 amide bonds. The van der Waals surface area contributed by atoms with Gasteiger partial charge in [-0.15, -0.1) is 11.3 Å². The summed E-state index contributed by atoms with van der Waals surface area (Å²) >= 11 is 6.10. The SMILES string of the molecule is Cc1c(CCCNS)sc2c1CC(C)(C)CC2.O=CO. The number of fused-ring (bicyclic) bond motifs is 1. The molecule has 5 heteroatoms. The van der Waals surface area contributed by atoms with Crippen molar-refractivity contribution in [3.63, 3.8) is 0 Å². The summed E-state index contributed by atoms with van der Waals surface area (Å²) in [6.45, 7) is 7.87. The average Bonchev–Trinajstić information content (AvgIpc) is 2.67. The van der Waals surface area contributed by atoms with Crippen molar-refractivity contribution in [2.75, 3.05) is 6.54 Å². The first-order valence-electron chi connectivity index (χ1n) is 7.00. The first kappa shape index (κ1) is 17.5. The van der Waals surface area contributed by atoms with Crippen molar-refractivity contribution in [3.8, 4) is 0 Å². The molecule has 0 atom stereocenters. The Kier molecular flexibility index (Phi) is 7.06. The van der Waals surface area contributed by atoms with Crippen molar-refractivity contribution in [3.05, 3.63) is 20.9 Å². The van der Waals surface area contributed by atoms with Gasteiger partial charge >= 0.3 is 0 Å². The van der Waals surface area contributed by atoms with Crippen molar-refractivity contribution < 1.29 is 9.90 Å². The largest absolute Gasteiger partial charge is 0.483 e. The molecule has 0 spiro atoms. The molecular weight excluding hydrogens is 290 g/mol. The van der Waals surface area contributed by atoms with Crippen LogP contribution in [0.15, 0.2) is 0 Å². The van der Waals surface area contributed by atoms with Gasteiger partial charge in [-0.25, -0.2) is 0 Å². The van der Waals surface area contributed by atoms with Crippen LogP contribution in [0.25, 0.3) is 0 Å². The van der Waals surface area contributed by atoms with Crippen molar-refractivity contribution >= 4 is 30.6 Å². The number of hydrogen-bond donors (Lipinski definition) is 3. The second kappa shape index (κ2) is 8.05. The fourth-order valence-electron chi connectivity index (χ4n) is 2.68. The number of nitrogens with one attached hydrogen (secondary N) is 1. The summed E-state index contributed by atoms with van der Waals surface area (Å²) in [7, 11) is 0. The minimum absolute atomic E-state index is 0.250. The first-order chi connectivity index (χ1) is 9.45. The number of aryl methyl sites for hydroxylation is 2. The molecule has 0 aliphatic heterocycles. The van der Waals surface area contributed by atoms with Gasteiger partial charge in [0.2, 0.25) is 0 Å². The topological polar surface area (TPSA) is 49.3 Å². The number of rotatable bonds is 4. The summed E-state index contributed by atoms with van der Waals surface area (Å²) in [6.07, 6.45) is 6.30. The fraction of sp³-hybridized carbons (Fsp3) is 0.667. The molecule has 0 aromatic carbocycles. The molecule has 1 aromatic rings. The highest BCUT2D eigenvalue weighted by Gasteiger charge is 2.28. The zero-order chi connectivity index (χ0) is 15.2. The Balaban J connectivity index is 0.000000612. The predicted molar refractivity (Wildman–Crippen MR) is 88.9 cm³/mol. The van der Waals surface area contributed by atoms with E-state index >= 15 is 0 Å². The molecule has 1 heterocycles. The van der Waals surface area contributed by atoms with Crippen molar-refractivity contribution in [1.82, 2.24) is 4.72 Å². The predicted octanol–water partition coefficient (Wildman–Crippen LogP) is 3.64. The molecule has 2 N–H and O–H groups in total. The van der Waals surface area contributed by atoms with Crippen LogP contribution in [0.1, 0.15) is 47.6 Å². The number of thiol groups is 1. The van der Waals surface area contributed by atoms with Crippen LogP contribution in [0.3, 0.4) is 0 Å². The minimum Gasteiger partial charge on any atom is -0.483 e. The van der Waals surface area contributed by atoms with Gasteiger partial charge in [-0.1, -0.05) is 26.7 Å². The molecule has 1 aliphatic carbocycles. The third kappa shape index (κ3) is 4.79. The van der Waals surface area contributed by atoms with E-state index in [-0.39, 0.29) is 6.47 Å². The van der Waals surface area contributed by atoms with Crippen LogP contribution >= 0.6 is 24.2 Å². The lowest BCUT2D eigenvalue weighted by atomic mass is 9.76. The van der Waals surface area contributed by atoms with Crippen LogP contribution in [-0.4, -0.2) is 18.1 Å². The number of carbonyl (C=O) groups is 1. The van der Waals surface area contributed by atoms with E-state index in [0.717, 1.165) is 6.54 Å². The molecule has 1 aliphatic rings. The molecule has 3 nitrogen and oxygen atoms in total. The fourth-order valence-corrected chi connectivity index (χ4v) is 4.21. The van der Waals surface area contributed by atoms with Crippen molar-refractivity contribution in [1.29, 1.82) is 0 Å². The smallest absolute Gasteiger partial charge is 0.290 e. The van der Waals surface area contributed by atoms with Crippen LogP contribution in [0.2, 0.25) is 0 Å². The lowest BCUT2D eigenvalue weighted by Crippen LogP contribution is -2.21. The van der Waals surface area contributed by atoms with Crippen molar-refractivity contribution in [2.45, 2.75) is 52.9 Å². The summed E-state index contributed by atoms with van der Waals surface area (Å²) in [4.78, 5) is 11.6. The maximum atomic E-state index is 8.36. The molecule has 0 unspecified atom stereocenters. The van der Waals surface area contributed by atoms with E-state index in [1.165, 1.54) is 32.1 Å². The summed E-state index contributed by atoms with van der Waals surface area (Å²) in [5, 5.41) is 6.89. The monoisotopic (exact) mass is 315 g/mol. The van der Waals surface area contributed by atoms with Crippen LogP contribution < -0.4 is 4.72 Å². The van der Waals surface area contributed by atoms with Gasteiger partial charge in [0, 0.05) is 16.3 Å². The summed E-state index contributed by atoms with van der Waals surface area (Å²) in [6, 6.07) is 0. The Hall–Kier alpha value is -0.520. The van der Waals surface area contributed by atoms with E-state index in [4.69, 9.17) is 9.90 Å². The van der Waals surface area contributed by atoms with Crippen LogP contribution in [0.5, 0.6) is 0 Å². The molecule has 20 heavy (non-hydrogen) atoms. The van der Waals surface area contributed by atoms with Crippen LogP contribution in [-0.2, 0) is 24.1 Å². The number of thiophene rings is 1. The Morgan fingerprint density at radius 2 is 2.15 bits per heavy atom. The Bertz CT molecular complexity index is 441. The van der Waals surface area contributed by atoms with Gasteiger partial charge in [0.1, 0.15) is 0 Å². The average molecular weight is 316 g/mol. The molecule has 2 rings (SSSR count). The maximum Gasteiger partial charge on any atom is 0.290 e. The third-order valence-electron chi connectivity index (χ3n) is 3.83. The van der Waals surface area contributed by atoms with Crippen molar-refractivity contribution in [2.24, 2.45) is 5.41 Å². The maximum absolute atomic E-state index is 8.36. The van der Waals surface area contributed by atoms with Gasteiger partial charge in [0.15, 0.2) is 0 Å². The molecule has 0 bridgehead atoms. The molecule has 0 fully saturated rings. The van der Waals surface area contributed by atoms with E-state index in [2.05, 4.69) is 49.6 Å². The summed E-state index contributed by atoms with van der Waals surface area (Å²) in [5.74, 6) is 0. The zero-order valence-corrected chi connectivity index (χ0v) is 14.2. The van der Waals surface area contributed by atoms with E-state index < -0.39 is 0 Å². The van der Waals surface area contributed by atoms with Crippen LogP contribution in [0, 0.1) is 12.3 Å². The standard InChI is InChI=1S/C14H23NS2.CH2O2/c1-10-11-9-14(2,3)7-6-13(11)17-12(10)5-4-8-15-16;2-1-3/h15-16H,4-9H2,1-3H3;1H,(H,2,3). The molecule has 114 valence electrons. The lowest BCUT2D eigenvalue weighted by Gasteiger charge is -2.29. The Morgan fingerprint density at radius 3 is 2.75 bits per heavy atom. The van der Waals surface area contributed by atoms with E-state index in [9.17, 15) is 0 Å². The molecule has 1 aromatic heterocycles. The highest BCUT2D eigenvalue weighted by molar-refractivity contribution is 7.78. The minimum atomic E-state index is -0.250. The highest BCUT2D eigenvalue weighted by atomic mass is 32.1. The van der Waals surface area contributed by atoms with E-state index in [1.54, 1.807) is 20.9 Å². The van der Waals surface area contributed by atoms with E-state index in [0.29, 0.717) is 5.41 Å². The molecule has 0 saturated heterocycles. The Labute approximate surface area is 131 Å². The molecular formula is C15H25NO2S2. The Morgan fingerprint density at radius 1 is 1.50 bits per heavy atom. The molecule has 0 radical (unpaired) electrons.